The van der Waals surface area contributed by atoms with E-state index in [9.17, 15) is 12.8 Å². The molecule has 1 rings (SSSR count). The summed E-state index contributed by atoms with van der Waals surface area (Å²) in [5, 5.41) is 0. The maximum absolute atomic E-state index is 13.2. The van der Waals surface area contributed by atoms with Gasteiger partial charge >= 0.3 is 0 Å². The van der Waals surface area contributed by atoms with Gasteiger partial charge in [-0.3, -0.25) is 4.72 Å². The van der Waals surface area contributed by atoms with Gasteiger partial charge in [0.1, 0.15) is 5.82 Å². The third-order valence-electron chi connectivity index (χ3n) is 1.69. The van der Waals surface area contributed by atoms with Crippen molar-refractivity contribution in [2.75, 3.05) is 11.0 Å². The Bertz CT molecular complexity index is 502. The molecule has 7 heteroatoms. The molecular formula is C8H8Br2FNO2S. The Kier molecular flexibility index (Phi) is 3.78. The third kappa shape index (κ3) is 3.15. The summed E-state index contributed by atoms with van der Waals surface area (Å²) in [5.41, 5.74) is 0.653. The fourth-order valence-electron chi connectivity index (χ4n) is 0.968. The molecule has 0 fully saturated rings. The standard InChI is InChI=1S/C8H8Br2FNO2S/c1-4-6(11)3-5(9)8(7(4)10)12-15(2,13)14/h3,12H,1-2H3. The predicted molar refractivity (Wildman–Crippen MR) is 65.0 cm³/mol. The molecule has 0 heterocycles. The van der Waals surface area contributed by atoms with Gasteiger partial charge < -0.3 is 0 Å². The summed E-state index contributed by atoms with van der Waals surface area (Å²) in [6, 6.07) is 1.22. The molecule has 0 spiro atoms. The molecule has 1 aromatic carbocycles. The fourth-order valence-corrected chi connectivity index (χ4v) is 3.08. The van der Waals surface area contributed by atoms with Crippen LogP contribution in [0, 0.1) is 12.7 Å². The lowest BCUT2D eigenvalue weighted by Crippen LogP contribution is -2.11. The Morgan fingerprint density at radius 1 is 1.40 bits per heavy atom. The average molecular weight is 361 g/mol. The molecule has 0 atom stereocenters. The molecule has 84 valence electrons. The fraction of sp³-hybridized carbons (Fsp3) is 0.250. The number of hydrogen-bond acceptors (Lipinski definition) is 2. The summed E-state index contributed by atoms with van der Waals surface area (Å²) in [4.78, 5) is 0. The van der Waals surface area contributed by atoms with E-state index in [4.69, 9.17) is 0 Å². The van der Waals surface area contributed by atoms with E-state index < -0.39 is 15.8 Å². The summed E-state index contributed by atoms with van der Waals surface area (Å²) in [5.74, 6) is -0.409. The number of sulfonamides is 1. The van der Waals surface area contributed by atoms with Crippen LogP contribution in [0.2, 0.25) is 0 Å². The largest absolute Gasteiger partial charge is 0.281 e. The minimum Gasteiger partial charge on any atom is -0.281 e. The molecule has 0 aliphatic carbocycles. The Balaban J connectivity index is 3.37. The molecular weight excluding hydrogens is 353 g/mol. The molecule has 15 heavy (non-hydrogen) atoms. The number of halogens is 3. The quantitative estimate of drug-likeness (QED) is 0.881. The highest BCUT2D eigenvalue weighted by Gasteiger charge is 2.15. The van der Waals surface area contributed by atoms with Gasteiger partial charge in [-0.05, 0) is 44.8 Å². The Morgan fingerprint density at radius 2 is 1.93 bits per heavy atom. The molecule has 1 aromatic rings. The molecule has 0 bridgehead atoms. The van der Waals surface area contributed by atoms with Gasteiger partial charge in [-0.25, -0.2) is 12.8 Å². The van der Waals surface area contributed by atoms with E-state index in [2.05, 4.69) is 36.6 Å². The van der Waals surface area contributed by atoms with Crippen molar-refractivity contribution in [2.45, 2.75) is 6.92 Å². The zero-order valence-electron chi connectivity index (χ0n) is 7.94. The predicted octanol–water partition coefficient (Wildman–Crippen LogP) is 3.03. The van der Waals surface area contributed by atoms with Crippen LogP contribution in [0.4, 0.5) is 10.1 Å². The number of nitrogens with one attached hydrogen (secondary N) is 1. The first-order valence-electron chi connectivity index (χ1n) is 3.84. The topological polar surface area (TPSA) is 46.2 Å². The van der Waals surface area contributed by atoms with Gasteiger partial charge in [0.05, 0.1) is 11.9 Å². The summed E-state index contributed by atoms with van der Waals surface area (Å²) in [6.07, 6.45) is 1.03. The summed E-state index contributed by atoms with van der Waals surface area (Å²) in [7, 11) is -3.38. The summed E-state index contributed by atoms with van der Waals surface area (Å²) < 4.78 is 38.4. The van der Waals surface area contributed by atoms with E-state index in [0.717, 1.165) is 6.26 Å². The molecule has 0 unspecified atom stereocenters. The molecule has 0 saturated carbocycles. The zero-order valence-corrected chi connectivity index (χ0v) is 11.9. The van der Waals surface area contributed by atoms with Crippen molar-refractivity contribution < 1.29 is 12.8 Å². The van der Waals surface area contributed by atoms with Crippen LogP contribution >= 0.6 is 31.9 Å². The van der Waals surface area contributed by atoms with Gasteiger partial charge in [-0.2, -0.15) is 0 Å². The van der Waals surface area contributed by atoms with E-state index in [1.807, 2.05) is 0 Å². The van der Waals surface area contributed by atoms with Crippen LogP contribution in [-0.2, 0) is 10.0 Å². The van der Waals surface area contributed by atoms with Crippen LogP contribution in [0.1, 0.15) is 5.56 Å². The maximum Gasteiger partial charge on any atom is 0.229 e. The van der Waals surface area contributed by atoms with Crippen LogP contribution in [-0.4, -0.2) is 14.7 Å². The van der Waals surface area contributed by atoms with Gasteiger partial charge in [0.25, 0.3) is 0 Å². The van der Waals surface area contributed by atoms with Gasteiger partial charge in [0.15, 0.2) is 0 Å². The lowest BCUT2D eigenvalue weighted by molar-refractivity contribution is 0.606. The van der Waals surface area contributed by atoms with Crippen LogP contribution in [0.3, 0.4) is 0 Å². The Hall–Kier alpha value is -0.140. The highest BCUT2D eigenvalue weighted by Crippen LogP contribution is 2.35. The highest BCUT2D eigenvalue weighted by atomic mass is 79.9. The van der Waals surface area contributed by atoms with E-state index in [1.165, 1.54) is 6.07 Å². The number of anilines is 1. The van der Waals surface area contributed by atoms with E-state index >= 15 is 0 Å². The number of hydrogen-bond donors (Lipinski definition) is 1. The minimum absolute atomic E-state index is 0.302. The highest BCUT2D eigenvalue weighted by molar-refractivity contribution is 9.11. The number of rotatable bonds is 2. The SMILES string of the molecule is Cc1c(F)cc(Br)c(NS(C)(=O)=O)c1Br. The lowest BCUT2D eigenvalue weighted by Gasteiger charge is -2.11. The lowest BCUT2D eigenvalue weighted by atomic mass is 10.2. The van der Waals surface area contributed by atoms with E-state index in [0.29, 0.717) is 20.2 Å². The minimum atomic E-state index is -3.38. The molecule has 3 nitrogen and oxygen atoms in total. The van der Waals surface area contributed by atoms with Gasteiger partial charge in [0, 0.05) is 14.5 Å². The van der Waals surface area contributed by atoms with Crippen LogP contribution in [0.25, 0.3) is 0 Å². The Morgan fingerprint density at radius 3 is 2.40 bits per heavy atom. The molecule has 1 N–H and O–H groups in total. The summed E-state index contributed by atoms with van der Waals surface area (Å²) >= 11 is 6.23. The summed E-state index contributed by atoms with van der Waals surface area (Å²) in [6.45, 7) is 1.55. The van der Waals surface area contributed by atoms with Crippen molar-refractivity contribution in [3.05, 3.63) is 26.4 Å². The number of benzene rings is 1. The second-order valence-corrected chi connectivity index (χ2v) is 6.42. The first kappa shape index (κ1) is 12.9. The molecule has 0 aliphatic heterocycles. The molecule has 0 aromatic heterocycles. The van der Waals surface area contributed by atoms with E-state index in [-0.39, 0.29) is 0 Å². The second kappa shape index (κ2) is 4.39. The first-order chi connectivity index (χ1) is 6.72. The normalized spacial score (nSPS) is 11.5. The smallest absolute Gasteiger partial charge is 0.229 e. The van der Waals surface area contributed by atoms with Crippen molar-refractivity contribution in [3.8, 4) is 0 Å². The molecule has 0 amide bonds. The van der Waals surface area contributed by atoms with Crippen LogP contribution in [0.15, 0.2) is 15.0 Å². The maximum atomic E-state index is 13.2. The van der Waals surface area contributed by atoms with Crippen molar-refractivity contribution >= 4 is 47.6 Å². The molecule has 0 radical (unpaired) electrons. The van der Waals surface area contributed by atoms with Gasteiger partial charge in [0.2, 0.25) is 10.0 Å². The van der Waals surface area contributed by atoms with Crippen LogP contribution < -0.4 is 4.72 Å². The van der Waals surface area contributed by atoms with Gasteiger partial charge in [-0.15, -0.1) is 0 Å². The van der Waals surface area contributed by atoms with Gasteiger partial charge in [-0.1, -0.05) is 0 Å². The van der Waals surface area contributed by atoms with Crippen molar-refractivity contribution in [2.24, 2.45) is 0 Å². The monoisotopic (exact) mass is 359 g/mol. The first-order valence-corrected chi connectivity index (χ1v) is 7.32. The van der Waals surface area contributed by atoms with Crippen molar-refractivity contribution in [1.29, 1.82) is 0 Å². The zero-order chi connectivity index (χ0) is 11.8. The van der Waals surface area contributed by atoms with Crippen molar-refractivity contribution in [3.63, 3.8) is 0 Å². The van der Waals surface area contributed by atoms with Crippen molar-refractivity contribution in [1.82, 2.24) is 0 Å². The third-order valence-corrected chi connectivity index (χ3v) is 3.88. The molecule has 0 aliphatic rings. The van der Waals surface area contributed by atoms with Crippen LogP contribution in [0.5, 0.6) is 0 Å². The molecule has 0 saturated heterocycles. The second-order valence-electron chi connectivity index (χ2n) is 3.03. The average Bonchev–Trinajstić information content (AvgIpc) is 2.07. The Labute approximate surface area is 104 Å². The van der Waals surface area contributed by atoms with E-state index in [1.54, 1.807) is 6.92 Å².